The van der Waals surface area contributed by atoms with Crippen LogP contribution >= 0.6 is 9.06 Å². The van der Waals surface area contributed by atoms with Crippen molar-refractivity contribution in [3.63, 3.8) is 0 Å². The number of rotatable bonds is 6. The van der Waals surface area contributed by atoms with Crippen LogP contribution in [0.25, 0.3) is 0 Å². The Morgan fingerprint density at radius 3 is 1.18 bits per heavy atom. The van der Waals surface area contributed by atoms with Crippen LogP contribution in [-0.4, -0.2) is 24.9 Å². The Kier molecular flexibility index (Phi) is 8.78. The van der Waals surface area contributed by atoms with Crippen LogP contribution < -0.4 is 16.4 Å². The summed E-state index contributed by atoms with van der Waals surface area (Å²) in [5, 5.41) is 0. The molecule has 3 heteroatoms. The third-order valence-electron chi connectivity index (χ3n) is 5.10. The van der Waals surface area contributed by atoms with E-state index < -0.39 is 6.15 Å². The largest absolute Gasteiger partial charge is 0.200 e. The summed E-state index contributed by atoms with van der Waals surface area (Å²) in [5.41, 5.74) is 4.33. The van der Waals surface area contributed by atoms with Crippen LogP contribution in [-0.2, 0) is 11.7 Å². The van der Waals surface area contributed by atoms with Gasteiger partial charge in [0.25, 0.3) is 0 Å². The van der Waals surface area contributed by atoms with Crippen LogP contribution in [0.4, 0.5) is 0 Å². The SMILES string of the molecule is CCCC[B-](c1ccccc1)(c1ccccc1)c1ccccc1.CS(C)(C)[SH2+]. The summed E-state index contributed by atoms with van der Waals surface area (Å²) in [6.45, 7) is 2.28. The molecular formula is C25H35BS2. The molecular weight excluding hydrogens is 375 g/mol. The Labute approximate surface area is 178 Å². The maximum Gasteiger partial charge on any atom is 0.0814 e. The van der Waals surface area contributed by atoms with Crippen molar-refractivity contribution in [1.82, 2.24) is 0 Å². The first kappa shape index (κ1) is 22.7. The number of unbranched alkanes of at least 4 members (excludes halogenated alkanes) is 1. The second kappa shape index (κ2) is 10.8. The second-order valence-corrected chi connectivity index (χ2v) is 15.6. The highest BCUT2D eigenvalue weighted by Gasteiger charge is 2.28. The molecule has 0 heterocycles. The quantitative estimate of drug-likeness (QED) is 0.317. The molecule has 0 bridgehead atoms. The molecule has 150 valence electrons. The van der Waals surface area contributed by atoms with E-state index in [0.29, 0.717) is 0 Å². The Bertz CT molecular complexity index is 694. The minimum Gasteiger partial charge on any atom is -0.200 e. The van der Waals surface area contributed by atoms with Gasteiger partial charge in [-0.2, -0.15) is 22.7 Å². The van der Waals surface area contributed by atoms with Crippen LogP contribution in [0.2, 0.25) is 6.32 Å². The van der Waals surface area contributed by atoms with E-state index in [1.807, 2.05) is 0 Å². The predicted octanol–water partition coefficient (Wildman–Crippen LogP) is 4.56. The van der Waals surface area contributed by atoms with E-state index in [1.165, 1.54) is 35.6 Å². The molecule has 0 unspecified atom stereocenters. The smallest absolute Gasteiger partial charge is 0.0814 e. The van der Waals surface area contributed by atoms with Gasteiger partial charge in [0.15, 0.2) is 0 Å². The molecule has 0 fully saturated rings. The van der Waals surface area contributed by atoms with Crippen LogP contribution in [0.5, 0.6) is 0 Å². The molecule has 3 aromatic carbocycles. The van der Waals surface area contributed by atoms with Crippen LogP contribution in [0.3, 0.4) is 0 Å². The van der Waals surface area contributed by atoms with Crippen molar-refractivity contribution in [3.8, 4) is 0 Å². The zero-order chi connectivity index (χ0) is 20.5. The fraction of sp³-hybridized carbons (Fsp3) is 0.280. The Balaban J connectivity index is 0.000000500. The molecule has 0 nitrogen and oxygen atoms in total. The topological polar surface area (TPSA) is 0 Å². The van der Waals surface area contributed by atoms with Crippen molar-refractivity contribution < 1.29 is 0 Å². The molecule has 0 saturated carbocycles. The molecule has 0 spiro atoms. The van der Waals surface area contributed by atoms with Crippen molar-refractivity contribution in [2.24, 2.45) is 0 Å². The minimum atomic E-state index is -0.913. The minimum absolute atomic E-state index is 0.361. The molecule has 0 aliphatic carbocycles. The molecule has 0 radical (unpaired) electrons. The lowest BCUT2D eigenvalue weighted by Crippen LogP contribution is -2.66. The lowest BCUT2D eigenvalue weighted by molar-refractivity contribution is 0.874. The van der Waals surface area contributed by atoms with E-state index in [4.69, 9.17) is 0 Å². The van der Waals surface area contributed by atoms with E-state index in [9.17, 15) is 0 Å². The lowest BCUT2D eigenvalue weighted by Gasteiger charge is -2.43. The van der Waals surface area contributed by atoms with Crippen molar-refractivity contribution in [1.29, 1.82) is 0 Å². The van der Waals surface area contributed by atoms with Gasteiger partial charge in [0.2, 0.25) is 0 Å². The van der Waals surface area contributed by atoms with Crippen molar-refractivity contribution >= 4 is 43.3 Å². The van der Waals surface area contributed by atoms with Crippen molar-refractivity contribution in [2.45, 2.75) is 26.1 Å². The maximum atomic E-state index is 3.50. The Morgan fingerprint density at radius 2 is 0.929 bits per heavy atom. The third-order valence-corrected chi connectivity index (χ3v) is 5.10. The highest BCUT2D eigenvalue weighted by atomic mass is 33.1. The average Bonchev–Trinajstić information content (AvgIpc) is 2.70. The summed E-state index contributed by atoms with van der Waals surface area (Å²) in [4.78, 5) is 0. The monoisotopic (exact) mass is 410 g/mol. The number of hydrogen-bond acceptors (Lipinski definition) is 0. The van der Waals surface area contributed by atoms with Gasteiger partial charge in [0.1, 0.15) is 0 Å². The number of benzene rings is 3. The lowest BCUT2D eigenvalue weighted by atomic mass is 9.14. The summed E-state index contributed by atoms with van der Waals surface area (Å²) < 4.78 is 0. The van der Waals surface area contributed by atoms with E-state index in [2.05, 4.69) is 128 Å². The molecule has 0 aliphatic heterocycles. The van der Waals surface area contributed by atoms with Crippen molar-refractivity contribution in [3.05, 3.63) is 91.0 Å². The second-order valence-electron chi connectivity index (χ2n) is 8.26. The molecule has 3 rings (SSSR count). The van der Waals surface area contributed by atoms with Gasteiger partial charge in [-0.3, -0.25) is 0 Å². The van der Waals surface area contributed by atoms with Gasteiger partial charge >= 0.3 is 0 Å². The molecule has 0 atom stereocenters. The van der Waals surface area contributed by atoms with Gasteiger partial charge in [-0.25, -0.2) is 0 Å². The van der Waals surface area contributed by atoms with E-state index in [0.717, 1.165) is 0 Å². The Hall–Kier alpha value is -1.58. The zero-order valence-corrected chi connectivity index (χ0v) is 19.6. The summed E-state index contributed by atoms with van der Waals surface area (Å²) >= 11 is 3.50. The predicted molar refractivity (Wildman–Crippen MR) is 139 cm³/mol. The van der Waals surface area contributed by atoms with Gasteiger partial charge in [-0.1, -0.05) is 120 Å². The first-order valence-corrected chi connectivity index (χ1v) is 14.2. The molecule has 3 aromatic rings. The fourth-order valence-corrected chi connectivity index (χ4v) is 3.93. The summed E-state index contributed by atoms with van der Waals surface area (Å²) in [7, 11) is -0.361. The van der Waals surface area contributed by atoms with Crippen molar-refractivity contribution in [2.75, 3.05) is 18.8 Å². The van der Waals surface area contributed by atoms with Gasteiger partial charge in [-0.15, -0.1) is 0 Å². The van der Waals surface area contributed by atoms with Crippen LogP contribution in [0.15, 0.2) is 91.0 Å². The molecule has 0 amide bonds. The van der Waals surface area contributed by atoms with Gasteiger partial charge in [0, 0.05) is 30.4 Å². The fourth-order valence-electron chi connectivity index (χ4n) is 3.93. The number of hydrogen-bond donors (Lipinski definition) is 0. The Morgan fingerprint density at radius 1 is 0.643 bits per heavy atom. The highest BCUT2D eigenvalue weighted by Crippen LogP contribution is 2.29. The molecule has 0 aliphatic rings. The molecule has 0 N–H and O–H groups in total. The van der Waals surface area contributed by atoms with E-state index >= 15 is 0 Å². The van der Waals surface area contributed by atoms with Gasteiger partial charge < -0.3 is 0 Å². The standard InChI is InChI=1S/C22H24B.C3H10S2/c1-2-3-19-23(20-13-7-4-8-14-20,21-15-9-5-10-16-21)22-17-11-6-12-18-22;1-5(2,3)4/h4-18H,2-3,19H2,1H3;4H,1-3H3/q-1;/p+1. The third kappa shape index (κ3) is 6.50. The van der Waals surface area contributed by atoms with E-state index in [1.54, 1.807) is 0 Å². The molecule has 28 heavy (non-hydrogen) atoms. The first-order valence-electron chi connectivity index (χ1n) is 10.1. The van der Waals surface area contributed by atoms with Gasteiger partial charge in [0.05, 0.1) is 6.15 Å². The average molecular weight is 411 g/mol. The zero-order valence-electron chi connectivity index (χ0n) is 17.8. The molecule has 0 saturated heterocycles. The summed E-state index contributed by atoms with van der Waals surface area (Å²) in [5.74, 6) is 0. The van der Waals surface area contributed by atoms with Crippen LogP contribution in [0.1, 0.15) is 19.8 Å². The summed E-state index contributed by atoms with van der Waals surface area (Å²) in [6.07, 6.45) is 9.28. The maximum absolute atomic E-state index is 3.50. The first-order chi connectivity index (χ1) is 13.4. The highest BCUT2D eigenvalue weighted by molar-refractivity contribution is 8.79. The van der Waals surface area contributed by atoms with Gasteiger partial charge in [-0.05, 0) is 0 Å². The van der Waals surface area contributed by atoms with Crippen LogP contribution in [0, 0.1) is 0 Å². The normalized spacial score (nSPS) is 12.0. The van der Waals surface area contributed by atoms with E-state index in [-0.39, 0.29) is 9.06 Å². The molecule has 0 aromatic heterocycles. The summed E-state index contributed by atoms with van der Waals surface area (Å²) in [6, 6.07) is 33.2.